The average Bonchev–Trinajstić information content (AvgIpc) is 2.62. The SMILES string of the molecule is O=C(O)NC1CCCN(c2ccnc(Nc3ccccc3[N+](=O)[O-])n2)C1. The van der Waals surface area contributed by atoms with E-state index in [0.717, 1.165) is 19.4 Å². The number of carbonyl (C=O) groups is 1. The Morgan fingerprint density at radius 1 is 1.35 bits per heavy atom. The van der Waals surface area contributed by atoms with Gasteiger partial charge in [-0.15, -0.1) is 0 Å². The van der Waals surface area contributed by atoms with Gasteiger partial charge in [0.05, 0.1) is 4.92 Å². The molecule has 0 aliphatic carbocycles. The molecule has 0 bridgehead atoms. The van der Waals surface area contributed by atoms with Gasteiger partial charge in [0.2, 0.25) is 5.95 Å². The summed E-state index contributed by atoms with van der Waals surface area (Å²) in [5, 5.41) is 25.4. The highest BCUT2D eigenvalue weighted by Crippen LogP contribution is 2.26. The van der Waals surface area contributed by atoms with Crippen molar-refractivity contribution in [2.75, 3.05) is 23.3 Å². The maximum absolute atomic E-state index is 11.1. The number of nitro benzene ring substituents is 1. The summed E-state index contributed by atoms with van der Waals surface area (Å²) in [5.41, 5.74) is 0.240. The first-order valence-electron chi connectivity index (χ1n) is 8.11. The van der Waals surface area contributed by atoms with E-state index >= 15 is 0 Å². The van der Waals surface area contributed by atoms with Crippen molar-refractivity contribution in [1.29, 1.82) is 0 Å². The van der Waals surface area contributed by atoms with E-state index in [1.807, 2.05) is 4.90 Å². The monoisotopic (exact) mass is 358 g/mol. The lowest BCUT2D eigenvalue weighted by Crippen LogP contribution is -2.47. The lowest BCUT2D eigenvalue weighted by Gasteiger charge is -2.33. The fraction of sp³-hybridized carbons (Fsp3) is 0.312. The summed E-state index contributed by atoms with van der Waals surface area (Å²) in [4.78, 5) is 32.0. The fourth-order valence-corrected chi connectivity index (χ4v) is 2.92. The van der Waals surface area contributed by atoms with Crippen LogP contribution in [0, 0.1) is 10.1 Å². The molecule has 3 N–H and O–H groups in total. The van der Waals surface area contributed by atoms with Gasteiger partial charge in [-0.3, -0.25) is 10.1 Å². The molecule has 3 rings (SSSR count). The number of piperidine rings is 1. The summed E-state index contributed by atoms with van der Waals surface area (Å²) >= 11 is 0. The molecule has 10 heteroatoms. The van der Waals surface area contributed by atoms with Gasteiger partial charge in [-0.2, -0.15) is 4.98 Å². The van der Waals surface area contributed by atoms with Crippen molar-refractivity contribution >= 4 is 29.2 Å². The molecule has 1 aliphatic rings. The minimum atomic E-state index is -1.04. The molecule has 26 heavy (non-hydrogen) atoms. The minimum Gasteiger partial charge on any atom is -0.465 e. The zero-order valence-electron chi connectivity index (χ0n) is 13.8. The van der Waals surface area contributed by atoms with Crippen LogP contribution < -0.4 is 15.5 Å². The molecule has 0 saturated carbocycles. The first-order valence-corrected chi connectivity index (χ1v) is 8.11. The predicted molar refractivity (Wildman–Crippen MR) is 94.8 cm³/mol. The highest BCUT2D eigenvalue weighted by atomic mass is 16.6. The number of amides is 1. The van der Waals surface area contributed by atoms with Crippen molar-refractivity contribution in [2.45, 2.75) is 18.9 Å². The molecule has 1 aliphatic heterocycles. The van der Waals surface area contributed by atoms with E-state index in [0.29, 0.717) is 18.1 Å². The van der Waals surface area contributed by atoms with E-state index in [9.17, 15) is 14.9 Å². The summed E-state index contributed by atoms with van der Waals surface area (Å²) in [6, 6.07) is 7.83. The number of benzene rings is 1. The number of hydrogen-bond acceptors (Lipinski definition) is 7. The van der Waals surface area contributed by atoms with Crippen LogP contribution in [0.2, 0.25) is 0 Å². The van der Waals surface area contributed by atoms with Gasteiger partial charge in [-0.05, 0) is 25.0 Å². The molecule has 1 atom stereocenters. The molecule has 136 valence electrons. The number of carboxylic acid groups (broad SMARTS) is 1. The Morgan fingerprint density at radius 3 is 2.92 bits per heavy atom. The van der Waals surface area contributed by atoms with Crippen molar-refractivity contribution in [3.63, 3.8) is 0 Å². The molecular formula is C16H18N6O4. The Kier molecular flexibility index (Phi) is 5.11. The van der Waals surface area contributed by atoms with Gasteiger partial charge in [0.25, 0.3) is 5.69 Å². The Morgan fingerprint density at radius 2 is 2.15 bits per heavy atom. The maximum Gasteiger partial charge on any atom is 0.404 e. The first-order chi connectivity index (χ1) is 12.5. The molecule has 1 aromatic heterocycles. The molecule has 1 saturated heterocycles. The van der Waals surface area contributed by atoms with E-state index < -0.39 is 11.0 Å². The van der Waals surface area contributed by atoms with E-state index in [1.165, 1.54) is 6.07 Å². The van der Waals surface area contributed by atoms with Crippen LogP contribution in [0.25, 0.3) is 0 Å². The molecule has 1 amide bonds. The second-order valence-corrected chi connectivity index (χ2v) is 5.87. The van der Waals surface area contributed by atoms with Crippen LogP contribution in [0.15, 0.2) is 36.5 Å². The third kappa shape index (κ3) is 4.15. The van der Waals surface area contributed by atoms with Crippen LogP contribution in [0.4, 0.5) is 27.9 Å². The fourth-order valence-electron chi connectivity index (χ4n) is 2.92. The second-order valence-electron chi connectivity index (χ2n) is 5.87. The number of nitrogens with zero attached hydrogens (tertiary/aromatic N) is 4. The molecule has 10 nitrogen and oxygen atoms in total. The Bertz CT molecular complexity index is 815. The third-order valence-electron chi connectivity index (χ3n) is 4.06. The molecule has 1 unspecified atom stereocenters. The molecule has 2 heterocycles. The van der Waals surface area contributed by atoms with Crippen molar-refractivity contribution < 1.29 is 14.8 Å². The van der Waals surface area contributed by atoms with Gasteiger partial charge in [0.15, 0.2) is 0 Å². The third-order valence-corrected chi connectivity index (χ3v) is 4.06. The lowest BCUT2D eigenvalue weighted by atomic mass is 10.1. The van der Waals surface area contributed by atoms with E-state index in [4.69, 9.17) is 5.11 Å². The number of hydrogen-bond donors (Lipinski definition) is 3. The van der Waals surface area contributed by atoms with Crippen LogP contribution in [-0.2, 0) is 0 Å². The average molecular weight is 358 g/mol. The summed E-state index contributed by atoms with van der Waals surface area (Å²) in [6.45, 7) is 1.26. The van der Waals surface area contributed by atoms with Crippen molar-refractivity contribution in [2.24, 2.45) is 0 Å². The summed E-state index contributed by atoms with van der Waals surface area (Å²) in [6.07, 6.45) is 2.13. The maximum atomic E-state index is 11.1. The summed E-state index contributed by atoms with van der Waals surface area (Å²) in [7, 11) is 0. The van der Waals surface area contributed by atoms with E-state index in [1.54, 1.807) is 30.5 Å². The summed E-state index contributed by atoms with van der Waals surface area (Å²) in [5.74, 6) is 0.878. The van der Waals surface area contributed by atoms with Crippen molar-refractivity contribution in [3.05, 3.63) is 46.6 Å². The van der Waals surface area contributed by atoms with Crippen LogP contribution in [0.5, 0.6) is 0 Å². The van der Waals surface area contributed by atoms with Crippen LogP contribution in [0.3, 0.4) is 0 Å². The van der Waals surface area contributed by atoms with Gasteiger partial charge in [-0.1, -0.05) is 12.1 Å². The van der Waals surface area contributed by atoms with Gasteiger partial charge in [-0.25, -0.2) is 9.78 Å². The Balaban J connectivity index is 1.76. The van der Waals surface area contributed by atoms with Crippen molar-refractivity contribution in [1.82, 2.24) is 15.3 Å². The quantitative estimate of drug-likeness (QED) is 0.548. The number of rotatable bonds is 5. The minimum absolute atomic E-state index is 0.0646. The molecular weight excluding hydrogens is 340 g/mol. The highest BCUT2D eigenvalue weighted by Gasteiger charge is 2.22. The normalized spacial score (nSPS) is 16.8. The highest BCUT2D eigenvalue weighted by molar-refractivity contribution is 5.67. The van der Waals surface area contributed by atoms with E-state index in [2.05, 4.69) is 20.6 Å². The Hall–Kier alpha value is -3.43. The van der Waals surface area contributed by atoms with E-state index in [-0.39, 0.29) is 17.7 Å². The first kappa shape index (κ1) is 17.4. The molecule has 0 spiro atoms. The van der Waals surface area contributed by atoms with Gasteiger partial charge in [0, 0.05) is 31.4 Å². The van der Waals surface area contributed by atoms with Crippen LogP contribution >= 0.6 is 0 Å². The standard InChI is InChI=1S/C16H18N6O4/c23-16(24)18-11-4-3-9-21(10-11)14-7-8-17-15(20-14)19-12-5-1-2-6-13(12)22(25)26/h1-2,5-8,11,18H,3-4,9-10H2,(H,23,24)(H,17,19,20). The predicted octanol–water partition coefficient (Wildman–Crippen LogP) is 2.36. The number of anilines is 3. The van der Waals surface area contributed by atoms with Crippen LogP contribution in [0.1, 0.15) is 12.8 Å². The zero-order chi connectivity index (χ0) is 18.5. The zero-order valence-corrected chi connectivity index (χ0v) is 13.8. The van der Waals surface area contributed by atoms with Gasteiger partial charge in [0.1, 0.15) is 11.5 Å². The summed E-state index contributed by atoms with van der Waals surface area (Å²) < 4.78 is 0. The number of nitrogens with one attached hydrogen (secondary N) is 2. The van der Waals surface area contributed by atoms with Crippen LogP contribution in [-0.4, -0.2) is 45.2 Å². The largest absolute Gasteiger partial charge is 0.465 e. The number of aromatic nitrogens is 2. The molecule has 1 aromatic carbocycles. The lowest BCUT2D eigenvalue weighted by molar-refractivity contribution is -0.383. The second kappa shape index (κ2) is 7.64. The smallest absolute Gasteiger partial charge is 0.404 e. The molecule has 0 radical (unpaired) electrons. The molecule has 2 aromatic rings. The van der Waals surface area contributed by atoms with Gasteiger partial charge >= 0.3 is 6.09 Å². The number of nitro groups is 1. The van der Waals surface area contributed by atoms with Crippen molar-refractivity contribution in [3.8, 4) is 0 Å². The topological polar surface area (TPSA) is 134 Å². The molecule has 1 fully saturated rings. The number of para-hydroxylation sites is 2. The van der Waals surface area contributed by atoms with Gasteiger partial charge < -0.3 is 20.6 Å². The Labute approximate surface area is 149 Å².